The number of hydrogen-bond donors (Lipinski definition) is 1. The van der Waals surface area contributed by atoms with Gasteiger partial charge in [0.05, 0.1) is 5.75 Å². The van der Waals surface area contributed by atoms with Crippen LogP contribution < -0.4 is 5.32 Å². The standard InChI is InChI=1S/C13H15BrN2O3S/c1-8-10-7-9(14)3-4-11(10)16-13(17)12(15-8)5-6-20(2,18)19/h3-4,7,12H,5-6H2,1-2H3,(H,16,17)/t12-/m0/s1. The van der Waals surface area contributed by atoms with Gasteiger partial charge >= 0.3 is 0 Å². The summed E-state index contributed by atoms with van der Waals surface area (Å²) in [7, 11) is -3.11. The lowest BCUT2D eigenvalue weighted by atomic mass is 10.1. The molecule has 0 aliphatic carbocycles. The van der Waals surface area contributed by atoms with Crippen molar-refractivity contribution in [3.63, 3.8) is 0 Å². The van der Waals surface area contributed by atoms with E-state index >= 15 is 0 Å². The third-order valence-electron chi connectivity index (χ3n) is 3.04. The van der Waals surface area contributed by atoms with Gasteiger partial charge in [0.1, 0.15) is 15.9 Å². The summed E-state index contributed by atoms with van der Waals surface area (Å²) in [5.41, 5.74) is 2.26. The number of fused-ring (bicyclic) bond motifs is 1. The maximum atomic E-state index is 12.1. The number of aliphatic imine (C=N–C) groups is 1. The zero-order chi connectivity index (χ0) is 14.9. The predicted molar refractivity (Wildman–Crippen MR) is 83.1 cm³/mol. The zero-order valence-electron chi connectivity index (χ0n) is 11.2. The van der Waals surface area contributed by atoms with E-state index in [0.29, 0.717) is 5.69 Å². The molecule has 1 atom stereocenters. The molecule has 0 unspecified atom stereocenters. The molecule has 0 aromatic heterocycles. The van der Waals surface area contributed by atoms with Crippen molar-refractivity contribution in [2.45, 2.75) is 19.4 Å². The second-order valence-electron chi connectivity index (χ2n) is 4.83. The van der Waals surface area contributed by atoms with Crippen molar-refractivity contribution in [1.29, 1.82) is 0 Å². The van der Waals surface area contributed by atoms with Crippen molar-refractivity contribution in [1.82, 2.24) is 0 Å². The summed E-state index contributed by atoms with van der Waals surface area (Å²) in [6.07, 6.45) is 1.35. The number of amides is 1. The number of rotatable bonds is 3. The number of benzodiazepines with no additional fused rings is 1. The van der Waals surface area contributed by atoms with Gasteiger partial charge in [0.2, 0.25) is 5.91 Å². The molecule has 1 amide bonds. The van der Waals surface area contributed by atoms with Gasteiger partial charge in [0, 0.05) is 27.7 Å². The number of hydrogen-bond acceptors (Lipinski definition) is 4. The minimum absolute atomic E-state index is 0.0537. The van der Waals surface area contributed by atoms with E-state index in [4.69, 9.17) is 0 Å². The first-order chi connectivity index (χ1) is 9.26. The van der Waals surface area contributed by atoms with Crippen LogP contribution in [-0.4, -0.2) is 38.1 Å². The van der Waals surface area contributed by atoms with Gasteiger partial charge in [-0.3, -0.25) is 9.79 Å². The molecular weight excluding hydrogens is 344 g/mol. The highest BCUT2D eigenvalue weighted by Crippen LogP contribution is 2.25. The maximum Gasteiger partial charge on any atom is 0.249 e. The topological polar surface area (TPSA) is 75.6 Å². The maximum absolute atomic E-state index is 12.1. The molecule has 1 heterocycles. The van der Waals surface area contributed by atoms with Gasteiger partial charge in [-0.15, -0.1) is 0 Å². The molecule has 1 aromatic carbocycles. The van der Waals surface area contributed by atoms with Gasteiger partial charge in [-0.05, 0) is 31.5 Å². The van der Waals surface area contributed by atoms with Crippen LogP contribution in [0.2, 0.25) is 0 Å². The second-order valence-corrected chi connectivity index (χ2v) is 8.00. The molecule has 7 heteroatoms. The first-order valence-electron chi connectivity index (χ1n) is 6.09. The Morgan fingerprint density at radius 2 is 2.10 bits per heavy atom. The molecule has 0 bridgehead atoms. The molecule has 2 rings (SSSR count). The van der Waals surface area contributed by atoms with Crippen LogP contribution in [0.25, 0.3) is 0 Å². The quantitative estimate of drug-likeness (QED) is 0.897. The normalized spacial score (nSPS) is 18.9. The van der Waals surface area contributed by atoms with E-state index in [2.05, 4.69) is 26.2 Å². The molecule has 0 spiro atoms. The highest BCUT2D eigenvalue weighted by Gasteiger charge is 2.24. The van der Waals surface area contributed by atoms with Gasteiger partial charge in [0.25, 0.3) is 0 Å². The van der Waals surface area contributed by atoms with Crippen LogP contribution in [0.5, 0.6) is 0 Å². The Morgan fingerprint density at radius 3 is 2.75 bits per heavy atom. The van der Waals surface area contributed by atoms with Crippen molar-refractivity contribution in [3.8, 4) is 0 Å². The van der Waals surface area contributed by atoms with Gasteiger partial charge < -0.3 is 5.32 Å². The summed E-state index contributed by atoms with van der Waals surface area (Å²) < 4.78 is 23.3. The number of carbonyl (C=O) groups excluding carboxylic acids is 1. The van der Waals surface area contributed by atoms with E-state index < -0.39 is 15.9 Å². The van der Waals surface area contributed by atoms with Crippen LogP contribution in [0.1, 0.15) is 18.9 Å². The smallest absolute Gasteiger partial charge is 0.249 e. The number of nitrogens with one attached hydrogen (secondary N) is 1. The predicted octanol–water partition coefficient (Wildman–Crippen LogP) is 2.01. The Hall–Kier alpha value is -1.21. The first-order valence-corrected chi connectivity index (χ1v) is 8.94. The third kappa shape index (κ3) is 3.67. The van der Waals surface area contributed by atoms with Crippen molar-refractivity contribution < 1.29 is 13.2 Å². The monoisotopic (exact) mass is 358 g/mol. The molecule has 1 aliphatic heterocycles. The number of carbonyl (C=O) groups is 1. The van der Waals surface area contributed by atoms with E-state index in [1.165, 1.54) is 0 Å². The van der Waals surface area contributed by atoms with Crippen LogP contribution in [0.15, 0.2) is 27.7 Å². The molecule has 0 fully saturated rings. The fraction of sp³-hybridized carbons (Fsp3) is 0.385. The summed E-state index contributed by atoms with van der Waals surface area (Å²) in [6, 6.07) is 4.85. The van der Waals surface area contributed by atoms with Crippen molar-refractivity contribution in [2.75, 3.05) is 17.3 Å². The Bertz CT molecular complexity index is 683. The number of benzene rings is 1. The van der Waals surface area contributed by atoms with Gasteiger partial charge in [-0.1, -0.05) is 15.9 Å². The summed E-state index contributed by atoms with van der Waals surface area (Å²) in [5.74, 6) is -0.323. The van der Waals surface area contributed by atoms with E-state index in [1.807, 2.05) is 19.1 Å². The average Bonchev–Trinajstić information content (AvgIpc) is 2.45. The lowest BCUT2D eigenvalue weighted by Gasteiger charge is -2.10. The molecule has 1 N–H and O–H groups in total. The van der Waals surface area contributed by atoms with Crippen LogP contribution in [0.4, 0.5) is 5.69 Å². The van der Waals surface area contributed by atoms with Crippen LogP contribution in [0.3, 0.4) is 0 Å². The molecule has 0 radical (unpaired) electrons. The van der Waals surface area contributed by atoms with E-state index in [0.717, 1.165) is 22.0 Å². The molecule has 5 nitrogen and oxygen atoms in total. The van der Waals surface area contributed by atoms with Crippen LogP contribution in [-0.2, 0) is 14.6 Å². The highest BCUT2D eigenvalue weighted by atomic mass is 79.9. The number of halogens is 1. The lowest BCUT2D eigenvalue weighted by Crippen LogP contribution is -2.27. The fourth-order valence-electron chi connectivity index (χ4n) is 2.02. The fourth-order valence-corrected chi connectivity index (χ4v) is 3.04. The summed E-state index contributed by atoms with van der Waals surface area (Å²) >= 11 is 3.38. The van der Waals surface area contributed by atoms with E-state index in [9.17, 15) is 13.2 Å². The largest absolute Gasteiger partial charge is 0.324 e. The Kier molecular flexibility index (Phi) is 4.29. The first kappa shape index (κ1) is 15.2. The zero-order valence-corrected chi connectivity index (χ0v) is 13.6. The number of anilines is 1. The van der Waals surface area contributed by atoms with Gasteiger partial charge in [0.15, 0.2) is 0 Å². The molecule has 1 aliphatic rings. The molecule has 0 saturated carbocycles. The Balaban J connectivity index is 2.31. The molecule has 0 saturated heterocycles. The number of sulfone groups is 1. The number of nitrogens with zero attached hydrogens (tertiary/aromatic N) is 1. The minimum atomic E-state index is -3.11. The van der Waals surface area contributed by atoms with E-state index in [1.54, 1.807) is 6.07 Å². The average molecular weight is 359 g/mol. The van der Waals surface area contributed by atoms with Gasteiger partial charge in [-0.2, -0.15) is 0 Å². The Morgan fingerprint density at radius 1 is 1.40 bits per heavy atom. The summed E-state index contributed by atoms with van der Waals surface area (Å²) in [4.78, 5) is 16.5. The van der Waals surface area contributed by atoms with Crippen molar-refractivity contribution >= 4 is 43.1 Å². The van der Waals surface area contributed by atoms with E-state index in [-0.39, 0.29) is 18.1 Å². The molecular formula is C13H15BrN2O3S. The highest BCUT2D eigenvalue weighted by molar-refractivity contribution is 9.10. The van der Waals surface area contributed by atoms with Crippen LogP contribution in [0, 0.1) is 0 Å². The minimum Gasteiger partial charge on any atom is -0.324 e. The van der Waals surface area contributed by atoms with Crippen LogP contribution >= 0.6 is 15.9 Å². The molecule has 20 heavy (non-hydrogen) atoms. The van der Waals surface area contributed by atoms with Crippen molar-refractivity contribution in [3.05, 3.63) is 28.2 Å². The summed E-state index contributed by atoms with van der Waals surface area (Å²) in [5, 5.41) is 2.80. The Labute approximate surface area is 126 Å². The lowest BCUT2D eigenvalue weighted by molar-refractivity contribution is -0.117. The SMILES string of the molecule is CC1=N[C@@H](CCS(C)(=O)=O)C(=O)Nc2ccc(Br)cc21. The van der Waals surface area contributed by atoms with Crippen molar-refractivity contribution in [2.24, 2.45) is 4.99 Å². The molecule has 108 valence electrons. The molecule has 1 aromatic rings. The summed E-state index contributed by atoms with van der Waals surface area (Å²) in [6.45, 7) is 1.82. The van der Waals surface area contributed by atoms with Gasteiger partial charge in [-0.25, -0.2) is 8.42 Å². The third-order valence-corrected chi connectivity index (χ3v) is 4.51. The second kappa shape index (κ2) is 5.65.